The van der Waals surface area contributed by atoms with Crippen LogP contribution in [0.1, 0.15) is 24.2 Å². The average Bonchev–Trinajstić information content (AvgIpc) is 2.84. The fourth-order valence-electron chi connectivity index (χ4n) is 3.68. The maximum atomic E-state index is 12.9. The predicted octanol–water partition coefficient (Wildman–Crippen LogP) is 4.79. The monoisotopic (exact) mass is 475 g/mol. The Hall–Kier alpha value is -3.71. The Labute approximate surface area is 204 Å². The van der Waals surface area contributed by atoms with Crippen LogP contribution in [0.15, 0.2) is 72.4 Å². The van der Waals surface area contributed by atoms with Gasteiger partial charge in [0.1, 0.15) is 0 Å². The summed E-state index contributed by atoms with van der Waals surface area (Å²) in [6, 6.07) is 16.5. The zero-order valence-corrected chi connectivity index (χ0v) is 19.9. The minimum atomic E-state index is -0.0400. The third-order valence-electron chi connectivity index (χ3n) is 5.47. The maximum Gasteiger partial charge on any atom is 0.253 e. The highest BCUT2D eigenvalue weighted by Gasteiger charge is 2.24. The third kappa shape index (κ3) is 5.80. The predicted molar refractivity (Wildman–Crippen MR) is 134 cm³/mol. The van der Waals surface area contributed by atoms with Gasteiger partial charge in [-0.15, -0.1) is 0 Å². The molecular weight excluding hydrogens is 450 g/mol. The molecule has 0 radical (unpaired) electrons. The molecule has 3 aromatic rings. The number of amides is 2. The fraction of sp³-hybridized carbons (Fsp3) is 0.231. The summed E-state index contributed by atoms with van der Waals surface area (Å²) in [5, 5.41) is 3.85. The van der Waals surface area contributed by atoms with E-state index in [9.17, 15) is 9.59 Å². The van der Waals surface area contributed by atoms with Gasteiger partial charge in [0, 0.05) is 60.3 Å². The van der Waals surface area contributed by atoms with Gasteiger partial charge in [0.05, 0.1) is 5.69 Å². The number of benzene rings is 2. The van der Waals surface area contributed by atoms with E-state index in [-0.39, 0.29) is 11.8 Å². The van der Waals surface area contributed by atoms with E-state index in [0.29, 0.717) is 42.7 Å². The van der Waals surface area contributed by atoms with Crippen LogP contribution in [0.4, 0.5) is 11.6 Å². The summed E-state index contributed by atoms with van der Waals surface area (Å²) in [4.78, 5) is 37.5. The standard InChI is InChI=1S/C26H26ClN5O2/c1-18(2)17-24(33)31-13-15-32(16-14-31)25(34)20-5-9-22(10-6-20)29-26-28-12-11-23(30-26)19-3-7-21(27)8-4-19/h3-12,17H,13-16H2,1-2H3,(H,28,29,30). The van der Waals surface area contributed by atoms with E-state index >= 15 is 0 Å². The van der Waals surface area contributed by atoms with Gasteiger partial charge in [0.25, 0.3) is 5.91 Å². The second-order valence-electron chi connectivity index (χ2n) is 8.31. The number of aromatic nitrogens is 2. The van der Waals surface area contributed by atoms with Crippen LogP contribution < -0.4 is 5.32 Å². The van der Waals surface area contributed by atoms with Gasteiger partial charge in [-0.05, 0) is 56.3 Å². The molecule has 1 aliphatic rings. The largest absolute Gasteiger partial charge is 0.336 e. The van der Waals surface area contributed by atoms with Crippen LogP contribution >= 0.6 is 11.6 Å². The highest BCUT2D eigenvalue weighted by Crippen LogP contribution is 2.22. The van der Waals surface area contributed by atoms with Gasteiger partial charge >= 0.3 is 0 Å². The normalized spacial score (nSPS) is 13.4. The molecule has 4 rings (SSSR count). The third-order valence-corrected chi connectivity index (χ3v) is 5.73. The SMILES string of the molecule is CC(C)=CC(=O)N1CCN(C(=O)c2ccc(Nc3nccc(-c4ccc(Cl)cc4)n3)cc2)CC1. The van der Waals surface area contributed by atoms with E-state index in [2.05, 4.69) is 15.3 Å². The van der Waals surface area contributed by atoms with Crippen molar-refractivity contribution in [1.82, 2.24) is 19.8 Å². The highest BCUT2D eigenvalue weighted by atomic mass is 35.5. The number of piperazine rings is 1. The number of halogens is 1. The summed E-state index contributed by atoms with van der Waals surface area (Å²) in [5.74, 6) is 0.426. The molecule has 1 fully saturated rings. The van der Waals surface area contributed by atoms with E-state index in [1.54, 1.807) is 34.2 Å². The summed E-state index contributed by atoms with van der Waals surface area (Å²) < 4.78 is 0. The smallest absolute Gasteiger partial charge is 0.253 e. The van der Waals surface area contributed by atoms with Crippen LogP contribution in [-0.4, -0.2) is 57.8 Å². The number of hydrogen-bond acceptors (Lipinski definition) is 5. The molecule has 174 valence electrons. The Bertz CT molecular complexity index is 1200. The number of rotatable bonds is 5. The molecule has 1 N–H and O–H groups in total. The highest BCUT2D eigenvalue weighted by molar-refractivity contribution is 6.30. The first-order chi connectivity index (χ1) is 16.4. The second kappa shape index (κ2) is 10.5. The molecular formula is C26H26ClN5O2. The van der Waals surface area contributed by atoms with Crippen LogP contribution in [0.2, 0.25) is 5.02 Å². The number of anilines is 2. The quantitative estimate of drug-likeness (QED) is 0.537. The van der Waals surface area contributed by atoms with E-state index in [0.717, 1.165) is 22.5 Å². The van der Waals surface area contributed by atoms with Crippen molar-refractivity contribution in [3.05, 3.63) is 83.0 Å². The molecule has 8 heteroatoms. The van der Waals surface area contributed by atoms with Crippen LogP contribution in [0.3, 0.4) is 0 Å². The van der Waals surface area contributed by atoms with Gasteiger partial charge in [-0.1, -0.05) is 29.3 Å². The molecule has 1 saturated heterocycles. The number of allylic oxidation sites excluding steroid dienone is 1. The lowest BCUT2D eigenvalue weighted by molar-refractivity contribution is -0.127. The van der Waals surface area contributed by atoms with Crippen molar-refractivity contribution in [2.45, 2.75) is 13.8 Å². The first-order valence-electron chi connectivity index (χ1n) is 11.1. The molecule has 0 unspecified atom stereocenters. The minimum absolute atomic E-state index is 0.00452. The molecule has 0 spiro atoms. The van der Waals surface area contributed by atoms with E-state index in [4.69, 9.17) is 11.6 Å². The summed E-state index contributed by atoms with van der Waals surface area (Å²) in [5.41, 5.74) is 4.08. The van der Waals surface area contributed by atoms with Gasteiger partial charge in [0.2, 0.25) is 11.9 Å². The second-order valence-corrected chi connectivity index (χ2v) is 8.75. The average molecular weight is 476 g/mol. The summed E-state index contributed by atoms with van der Waals surface area (Å²) in [7, 11) is 0. The first kappa shape index (κ1) is 23.4. The van der Waals surface area contributed by atoms with Gasteiger partial charge in [-0.25, -0.2) is 9.97 Å². The number of carbonyl (C=O) groups excluding carboxylic acids is 2. The zero-order valence-electron chi connectivity index (χ0n) is 19.2. The Morgan fingerprint density at radius 1 is 0.912 bits per heavy atom. The zero-order chi connectivity index (χ0) is 24.1. The molecule has 2 aromatic carbocycles. The maximum absolute atomic E-state index is 12.9. The van der Waals surface area contributed by atoms with Crippen molar-refractivity contribution in [3.8, 4) is 11.3 Å². The Morgan fingerprint density at radius 2 is 1.56 bits per heavy atom. The Balaban J connectivity index is 1.37. The first-order valence-corrected chi connectivity index (χ1v) is 11.5. The Kier molecular flexibility index (Phi) is 7.23. The van der Waals surface area contributed by atoms with Crippen molar-refractivity contribution in [2.24, 2.45) is 0 Å². The van der Waals surface area contributed by atoms with E-state index < -0.39 is 0 Å². The molecule has 1 aliphatic heterocycles. The molecule has 2 heterocycles. The molecule has 0 aliphatic carbocycles. The molecule has 2 amide bonds. The molecule has 0 atom stereocenters. The lowest BCUT2D eigenvalue weighted by atomic mass is 10.1. The van der Waals surface area contributed by atoms with Crippen molar-refractivity contribution >= 4 is 35.1 Å². The van der Waals surface area contributed by atoms with Gasteiger partial charge in [-0.3, -0.25) is 9.59 Å². The van der Waals surface area contributed by atoms with E-state index in [1.165, 1.54) is 0 Å². The van der Waals surface area contributed by atoms with Gasteiger partial charge < -0.3 is 15.1 Å². The summed E-state index contributed by atoms with van der Waals surface area (Å²) in [6.45, 7) is 5.92. The summed E-state index contributed by atoms with van der Waals surface area (Å²) in [6.07, 6.45) is 3.33. The molecule has 7 nitrogen and oxygen atoms in total. The topological polar surface area (TPSA) is 78.4 Å². The Morgan fingerprint density at radius 3 is 2.21 bits per heavy atom. The summed E-state index contributed by atoms with van der Waals surface area (Å²) >= 11 is 5.97. The molecule has 1 aromatic heterocycles. The molecule has 34 heavy (non-hydrogen) atoms. The lowest BCUT2D eigenvalue weighted by Crippen LogP contribution is -2.50. The number of nitrogens with one attached hydrogen (secondary N) is 1. The van der Waals surface area contributed by atoms with Crippen molar-refractivity contribution in [3.63, 3.8) is 0 Å². The van der Waals surface area contributed by atoms with Crippen LogP contribution in [-0.2, 0) is 4.79 Å². The number of carbonyl (C=O) groups is 2. The number of nitrogens with zero attached hydrogens (tertiary/aromatic N) is 4. The number of hydrogen-bond donors (Lipinski definition) is 1. The van der Waals surface area contributed by atoms with Crippen LogP contribution in [0.25, 0.3) is 11.3 Å². The van der Waals surface area contributed by atoms with Gasteiger partial charge in [-0.2, -0.15) is 0 Å². The fourth-order valence-corrected chi connectivity index (χ4v) is 3.80. The van der Waals surface area contributed by atoms with Crippen molar-refractivity contribution in [1.29, 1.82) is 0 Å². The van der Waals surface area contributed by atoms with Crippen molar-refractivity contribution < 1.29 is 9.59 Å². The van der Waals surface area contributed by atoms with Crippen LogP contribution in [0, 0.1) is 0 Å². The lowest BCUT2D eigenvalue weighted by Gasteiger charge is -2.34. The van der Waals surface area contributed by atoms with Crippen LogP contribution in [0.5, 0.6) is 0 Å². The molecule has 0 saturated carbocycles. The van der Waals surface area contributed by atoms with Crippen molar-refractivity contribution in [2.75, 3.05) is 31.5 Å². The minimum Gasteiger partial charge on any atom is -0.336 e. The molecule has 0 bridgehead atoms. The van der Waals surface area contributed by atoms with E-state index in [1.807, 2.05) is 56.3 Å². The van der Waals surface area contributed by atoms with Gasteiger partial charge in [0.15, 0.2) is 0 Å².